The van der Waals surface area contributed by atoms with Gasteiger partial charge in [0.15, 0.2) is 0 Å². The van der Waals surface area contributed by atoms with E-state index in [1.165, 1.54) is 0 Å². The van der Waals surface area contributed by atoms with Gasteiger partial charge in [0.2, 0.25) is 5.56 Å². The molecule has 0 bridgehead atoms. The number of nitrogens with zero attached hydrogens (tertiary/aromatic N) is 3. The third kappa shape index (κ3) is 3.05. The second-order valence-electron chi connectivity index (χ2n) is 5.01. The molecule has 1 saturated heterocycles. The van der Waals surface area contributed by atoms with Gasteiger partial charge >= 0.3 is 0 Å². The molecular weight excluding hydrogens is 252 g/mol. The van der Waals surface area contributed by atoms with Gasteiger partial charge in [-0.3, -0.25) is 9.69 Å². The molecule has 0 aromatic carbocycles. The predicted molar refractivity (Wildman–Crippen MR) is 78.8 cm³/mol. The highest BCUT2D eigenvalue weighted by atomic mass is 16.1. The molecule has 3 heterocycles. The van der Waals surface area contributed by atoms with Crippen LogP contribution in [0.4, 0.5) is 5.82 Å². The Morgan fingerprint density at radius 3 is 2.70 bits per heavy atom. The lowest BCUT2D eigenvalue weighted by molar-refractivity contribution is 0.249. The van der Waals surface area contributed by atoms with Gasteiger partial charge in [0.05, 0.1) is 0 Å². The standard InChI is InChI=1S/C15H18N4O/c20-15-11-13(4-6-17-15)12-18-7-9-19(10-8-18)14-3-1-2-5-16-14/h1-6,11H,7-10,12H2,(H,17,20). The third-order valence-electron chi connectivity index (χ3n) is 3.59. The number of piperazine rings is 1. The van der Waals surface area contributed by atoms with Gasteiger partial charge in [-0.25, -0.2) is 4.98 Å². The lowest BCUT2D eigenvalue weighted by atomic mass is 10.2. The number of hydrogen-bond acceptors (Lipinski definition) is 4. The molecule has 20 heavy (non-hydrogen) atoms. The lowest BCUT2D eigenvalue weighted by Crippen LogP contribution is -2.46. The lowest BCUT2D eigenvalue weighted by Gasteiger charge is -2.35. The van der Waals surface area contributed by atoms with Crippen LogP contribution < -0.4 is 10.5 Å². The highest BCUT2D eigenvalue weighted by Crippen LogP contribution is 2.13. The Balaban J connectivity index is 1.58. The van der Waals surface area contributed by atoms with Crippen molar-refractivity contribution in [1.29, 1.82) is 0 Å². The highest BCUT2D eigenvalue weighted by molar-refractivity contribution is 5.38. The van der Waals surface area contributed by atoms with E-state index >= 15 is 0 Å². The SMILES string of the molecule is O=c1cc(CN2CCN(c3ccccn3)CC2)cc[nH]1. The summed E-state index contributed by atoms with van der Waals surface area (Å²) in [4.78, 5) is 23.0. The maximum atomic E-state index is 11.3. The molecule has 5 heteroatoms. The Hall–Kier alpha value is -2.14. The van der Waals surface area contributed by atoms with Crippen molar-refractivity contribution in [2.75, 3.05) is 31.1 Å². The third-order valence-corrected chi connectivity index (χ3v) is 3.59. The maximum Gasteiger partial charge on any atom is 0.248 e. The molecule has 0 aliphatic carbocycles. The first-order valence-corrected chi connectivity index (χ1v) is 6.87. The van der Waals surface area contributed by atoms with E-state index in [9.17, 15) is 4.79 Å². The molecule has 1 aliphatic heterocycles. The fourth-order valence-corrected chi connectivity index (χ4v) is 2.52. The van der Waals surface area contributed by atoms with Gasteiger partial charge in [-0.1, -0.05) is 6.07 Å². The van der Waals surface area contributed by atoms with Crippen LogP contribution in [0.5, 0.6) is 0 Å². The average molecular weight is 270 g/mol. The van der Waals surface area contributed by atoms with Gasteiger partial charge in [-0.05, 0) is 23.8 Å². The van der Waals surface area contributed by atoms with Crippen LogP contribution in [0.25, 0.3) is 0 Å². The maximum absolute atomic E-state index is 11.3. The minimum absolute atomic E-state index is 0.0328. The van der Waals surface area contributed by atoms with E-state index < -0.39 is 0 Å². The minimum Gasteiger partial charge on any atom is -0.354 e. The fourth-order valence-electron chi connectivity index (χ4n) is 2.52. The Morgan fingerprint density at radius 2 is 2.00 bits per heavy atom. The smallest absolute Gasteiger partial charge is 0.248 e. The monoisotopic (exact) mass is 270 g/mol. The van der Waals surface area contributed by atoms with Gasteiger partial charge in [-0.15, -0.1) is 0 Å². The summed E-state index contributed by atoms with van der Waals surface area (Å²) < 4.78 is 0. The summed E-state index contributed by atoms with van der Waals surface area (Å²) >= 11 is 0. The van der Waals surface area contributed by atoms with E-state index in [1.807, 2.05) is 30.5 Å². The van der Waals surface area contributed by atoms with Crippen LogP contribution in [0.15, 0.2) is 47.5 Å². The number of aromatic amines is 1. The first-order valence-electron chi connectivity index (χ1n) is 6.87. The van der Waals surface area contributed by atoms with Gasteiger partial charge in [0, 0.05) is 51.2 Å². The zero-order valence-electron chi connectivity index (χ0n) is 11.3. The Kier molecular flexibility index (Phi) is 3.78. The molecule has 0 unspecified atom stereocenters. The molecule has 3 rings (SSSR count). The number of rotatable bonds is 3. The van der Waals surface area contributed by atoms with E-state index in [0.717, 1.165) is 44.1 Å². The van der Waals surface area contributed by atoms with Gasteiger partial charge in [-0.2, -0.15) is 0 Å². The molecule has 0 saturated carbocycles. The van der Waals surface area contributed by atoms with Crippen LogP contribution in [0.1, 0.15) is 5.56 Å². The second kappa shape index (κ2) is 5.88. The molecule has 0 radical (unpaired) electrons. The van der Waals surface area contributed by atoms with E-state index in [-0.39, 0.29) is 5.56 Å². The van der Waals surface area contributed by atoms with Crippen molar-refractivity contribution in [3.8, 4) is 0 Å². The molecule has 5 nitrogen and oxygen atoms in total. The molecule has 0 atom stereocenters. The van der Waals surface area contributed by atoms with Crippen LogP contribution in [0.2, 0.25) is 0 Å². The Morgan fingerprint density at radius 1 is 1.15 bits per heavy atom. The van der Waals surface area contributed by atoms with Gasteiger partial charge < -0.3 is 9.88 Å². The van der Waals surface area contributed by atoms with Crippen LogP contribution in [0, 0.1) is 0 Å². The number of anilines is 1. The number of hydrogen-bond donors (Lipinski definition) is 1. The summed E-state index contributed by atoms with van der Waals surface area (Å²) in [5, 5.41) is 0. The van der Waals surface area contributed by atoms with Crippen molar-refractivity contribution < 1.29 is 0 Å². The molecule has 2 aromatic rings. The molecule has 1 N–H and O–H groups in total. The van der Waals surface area contributed by atoms with Crippen molar-refractivity contribution in [2.24, 2.45) is 0 Å². The topological polar surface area (TPSA) is 52.2 Å². The van der Waals surface area contributed by atoms with Crippen LogP contribution in [-0.4, -0.2) is 41.0 Å². The Labute approximate surface area is 117 Å². The molecule has 0 amide bonds. The second-order valence-corrected chi connectivity index (χ2v) is 5.01. The normalized spacial score (nSPS) is 16.3. The summed E-state index contributed by atoms with van der Waals surface area (Å²) in [7, 11) is 0. The van der Waals surface area contributed by atoms with Gasteiger partial charge in [0.1, 0.15) is 5.82 Å². The molecule has 1 fully saturated rings. The van der Waals surface area contributed by atoms with E-state index in [2.05, 4.69) is 19.8 Å². The fraction of sp³-hybridized carbons (Fsp3) is 0.333. The number of pyridine rings is 2. The molecule has 2 aromatic heterocycles. The zero-order valence-corrected chi connectivity index (χ0v) is 11.3. The van der Waals surface area contributed by atoms with Crippen molar-refractivity contribution >= 4 is 5.82 Å². The highest BCUT2D eigenvalue weighted by Gasteiger charge is 2.17. The molecular formula is C15H18N4O. The van der Waals surface area contributed by atoms with Crippen LogP contribution >= 0.6 is 0 Å². The van der Waals surface area contributed by atoms with Crippen molar-refractivity contribution in [1.82, 2.24) is 14.9 Å². The van der Waals surface area contributed by atoms with Crippen molar-refractivity contribution in [3.63, 3.8) is 0 Å². The average Bonchev–Trinajstić information content (AvgIpc) is 2.49. The Bertz CT molecular complexity index is 603. The largest absolute Gasteiger partial charge is 0.354 e. The summed E-state index contributed by atoms with van der Waals surface area (Å²) in [6, 6.07) is 9.64. The zero-order chi connectivity index (χ0) is 13.8. The number of nitrogens with one attached hydrogen (secondary N) is 1. The first kappa shape index (κ1) is 12.9. The summed E-state index contributed by atoms with van der Waals surface area (Å²) in [5.41, 5.74) is 1.04. The summed E-state index contributed by atoms with van der Waals surface area (Å²) in [5.74, 6) is 1.04. The number of H-pyrrole nitrogens is 1. The number of aromatic nitrogens is 2. The van der Waals surface area contributed by atoms with Crippen molar-refractivity contribution in [2.45, 2.75) is 6.54 Å². The summed E-state index contributed by atoms with van der Waals surface area (Å²) in [6.45, 7) is 4.76. The van der Waals surface area contributed by atoms with Crippen molar-refractivity contribution in [3.05, 3.63) is 58.6 Å². The molecule has 0 spiro atoms. The minimum atomic E-state index is -0.0328. The first-order chi connectivity index (χ1) is 9.81. The van der Waals surface area contributed by atoms with E-state index in [1.54, 1.807) is 12.3 Å². The molecule has 104 valence electrons. The van der Waals surface area contributed by atoms with E-state index in [4.69, 9.17) is 0 Å². The predicted octanol–water partition coefficient (Wildman–Crippen LogP) is 1.09. The van der Waals surface area contributed by atoms with Gasteiger partial charge in [0.25, 0.3) is 0 Å². The summed E-state index contributed by atoms with van der Waals surface area (Å²) in [6.07, 6.45) is 3.54. The van der Waals surface area contributed by atoms with Crippen LogP contribution in [0.3, 0.4) is 0 Å². The quantitative estimate of drug-likeness (QED) is 0.907. The van der Waals surface area contributed by atoms with E-state index in [0.29, 0.717) is 0 Å². The van der Waals surface area contributed by atoms with Crippen LogP contribution in [-0.2, 0) is 6.54 Å². The molecule has 1 aliphatic rings.